The van der Waals surface area contributed by atoms with Crippen molar-refractivity contribution in [2.24, 2.45) is 12.8 Å². The Labute approximate surface area is 80.8 Å². The summed E-state index contributed by atoms with van der Waals surface area (Å²) in [5.74, 6) is 0. The zero-order valence-electron chi connectivity index (χ0n) is 7.40. The van der Waals surface area contributed by atoms with Crippen molar-refractivity contribution in [1.29, 1.82) is 0 Å². The average Bonchev–Trinajstić information content (AvgIpc) is 2.71. The summed E-state index contributed by atoms with van der Waals surface area (Å²) < 4.78 is 1.80. The van der Waals surface area contributed by atoms with Gasteiger partial charge in [-0.2, -0.15) is 5.10 Å². The lowest BCUT2D eigenvalue weighted by Crippen LogP contribution is -1.90. The second kappa shape index (κ2) is 3.32. The molecule has 0 spiro atoms. The average molecular weight is 193 g/mol. The molecule has 0 aromatic carbocycles. The van der Waals surface area contributed by atoms with E-state index in [1.807, 2.05) is 19.4 Å². The Bertz CT molecular complexity index is 402. The van der Waals surface area contributed by atoms with Crippen molar-refractivity contribution >= 4 is 11.3 Å². The van der Waals surface area contributed by atoms with Crippen molar-refractivity contribution in [3.8, 4) is 10.4 Å². The van der Waals surface area contributed by atoms with Crippen LogP contribution in [0.3, 0.4) is 0 Å². The van der Waals surface area contributed by atoms with E-state index in [-0.39, 0.29) is 0 Å². The Hall–Kier alpha value is -1.13. The summed E-state index contributed by atoms with van der Waals surface area (Å²) in [4.78, 5) is 2.44. The van der Waals surface area contributed by atoms with Gasteiger partial charge in [0.1, 0.15) is 0 Å². The molecule has 0 aliphatic rings. The summed E-state index contributed by atoms with van der Waals surface area (Å²) in [5.41, 5.74) is 6.70. The number of rotatable bonds is 2. The summed E-state index contributed by atoms with van der Waals surface area (Å²) >= 11 is 1.72. The van der Waals surface area contributed by atoms with Gasteiger partial charge < -0.3 is 5.73 Å². The number of hydrogen-bond donors (Lipinski definition) is 1. The summed E-state index contributed by atoms with van der Waals surface area (Å²) in [6, 6.07) is 4.15. The highest BCUT2D eigenvalue weighted by atomic mass is 32.1. The zero-order chi connectivity index (χ0) is 9.26. The van der Waals surface area contributed by atoms with Crippen LogP contribution >= 0.6 is 11.3 Å². The maximum Gasteiger partial charge on any atom is 0.0576 e. The van der Waals surface area contributed by atoms with Crippen molar-refractivity contribution in [2.45, 2.75) is 6.54 Å². The van der Waals surface area contributed by atoms with Gasteiger partial charge in [-0.3, -0.25) is 4.68 Å². The highest BCUT2D eigenvalue weighted by Crippen LogP contribution is 2.26. The van der Waals surface area contributed by atoms with Crippen LogP contribution in [0.2, 0.25) is 0 Å². The van der Waals surface area contributed by atoms with Crippen LogP contribution in [0.15, 0.2) is 24.5 Å². The molecular formula is C9H11N3S. The van der Waals surface area contributed by atoms with E-state index >= 15 is 0 Å². The van der Waals surface area contributed by atoms with E-state index in [2.05, 4.69) is 17.2 Å². The Balaban J connectivity index is 2.35. The molecule has 2 N–H and O–H groups in total. The Kier molecular flexibility index (Phi) is 2.16. The van der Waals surface area contributed by atoms with Crippen molar-refractivity contribution in [3.05, 3.63) is 29.4 Å². The number of nitrogens with two attached hydrogens (primary N) is 1. The molecule has 0 unspecified atom stereocenters. The molecule has 4 heteroatoms. The van der Waals surface area contributed by atoms with Gasteiger partial charge in [0.05, 0.1) is 6.20 Å². The molecule has 2 rings (SSSR count). The van der Waals surface area contributed by atoms with Gasteiger partial charge in [0.2, 0.25) is 0 Å². The third-order valence-corrected chi connectivity index (χ3v) is 3.01. The normalized spacial score (nSPS) is 10.6. The molecule has 0 amide bonds. The Morgan fingerprint density at radius 1 is 1.54 bits per heavy atom. The van der Waals surface area contributed by atoms with E-state index in [9.17, 15) is 0 Å². The maximum atomic E-state index is 5.54. The van der Waals surface area contributed by atoms with Crippen LogP contribution in [-0.2, 0) is 13.6 Å². The van der Waals surface area contributed by atoms with Gasteiger partial charge in [-0.15, -0.1) is 11.3 Å². The first kappa shape index (κ1) is 8.47. The molecular weight excluding hydrogens is 182 g/mol. The molecule has 0 saturated carbocycles. The van der Waals surface area contributed by atoms with Gasteiger partial charge in [-0.25, -0.2) is 0 Å². The lowest BCUT2D eigenvalue weighted by molar-refractivity contribution is 0.768. The largest absolute Gasteiger partial charge is 0.326 e. The van der Waals surface area contributed by atoms with Crippen LogP contribution in [0.4, 0.5) is 0 Å². The van der Waals surface area contributed by atoms with Crippen molar-refractivity contribution in [2.75, 3.05) is 0 Å². The van der Waals surface area contributed by atoms with Crippen LogP contribution in [0.25, 0.3) is 10.4 Å². The van der Waals surface area contributed by atoms with Gasteiger partial charge >= 0.3 is 0 Å². The van der Waals surface area contributed by atoms with E-state index in [1.165, 1.54) is 9.75 Å². The molecule has 0 bridgehead atoms. The monoisotopic (exact) mass is 193 g/mol. The van der Waals surface area contributed by atoms with Gasteiger partial charge in [0.15, 0.2) is 0 Å². The molecule has 2 aromatic rings. The highest BCUT2D eigenvalue weighted by molar-refractivity contribution is 7.15. The lowest BCUT2D eigenvalue weighted by Gasteiger charge is -1.88. The fourth-order valence-corrected chi connectivity index (χ4v) is 2.05. The fourth-order valence-electron chi connectivity index (χ4n) is 1.19. The van der Waals surface area contributed by atoms with Crippen LogP contribution in [0.5, 0.6) is 0 Å². The summed E-state index contributed by atoms with van der Waals surface area (Å²) in [7, 11) is 1.92. The van der Waals surface area contributed by atoms with E-state index in [0.29, 0.717) is 6.54 Å². The molecule has 0 atom stereocenters. The first-order chi connectivity index (χ1) is 6.29. The number of aromatic nitrogens is 2. The van der Waals surface area contributed by atoms with Crippen molar-refractivity contribution in [1.82, 2.24) is 9.78 Å². The van der Waals surface area contributed by atoms with Gasteiger partial charge in [-0.1, -0.05) is 0 Å². The molecule has 0 saturated heterocycles. The molecule has 0 aliphatic carbocycles. The maximum absolute atomic E-state index is 5.54. The molecule has 13 heavy (non-hydrogen) atoms. The Morgan fingerprint density at radius 3 is 2.92 bits per heavy atom. The number of hydrogen-bond acceptors (Lipinski definition) is 3. The molecule has 0 fully saturated rings. The minimum absolute atomic E-state index is 0.616. The molecule has 0 radical (unpaired) electrons. The SMILES string of the molecule is Cn1cc(-c2ccc(CN)s2)cn1. The Morgan fingerprint density at radius 2 is 2.38 bits per heavy atom. The molecule has 0 aliphatic heterocycles. The number of thiophene rings is 1. The highest BCUT2D eigenvalue weighted by Gasteiger charge is 2.02. The first-order valence-electron chi connectivity index (χ1n) is 4.07. The second-order valence-corrected chi connectivity index (χ2v) is 4.04. The predicted octanol–water partition coefficient (Wildman–Crippen LogP) is 1.61. The van der Waals surface area contributed by atoms with Crippen LogP contribution in [0.1, 0.15) is 4.88 Å². The van der Waals surface area contributed by atoms with Gasteiger partial charge in [0, 0.05) is 35.1 Å². The quantitative estimate of drug-likeness (QED) is 0.787. The minimum atomic E-state index is 0.616. The van der Waals surface area contributed by atoms with E-state index in [0.717, 1.165) is 5.56 Å². The van der Waals surface area contributed by atoms with Crippen LogP contribution in [-0.4, -0.2) is 9.78 Å². The van der Waals surface area contributed by atoms with Gasteiger partial charge in [-0.05, 0) is 12.1 Å². The summed E-state index contributed by atoms with van der Waals surface area (Å²) in [6.07, 6.45) is 3.87. The summed E-state index contributed by atoms with van der Waals surface area (Å²) in [5, 5.41) is 4.12. The third-order valence-electron chi connectivity index (χ3n) is 1.85. The lowest BCUT2D eigenvalue weighted by atomic mass is 10.3. The molecule has 2 heterocycles. The standard InChI is InChI=1S/C9H11N3S/c1-12-6-7(5-11-12)9-3-2-8(4-10)13-9/h2-3,5-6H,4,10H2,1H3. The van der Waals surface area contributed by atoms with E-state index in [1.54, 1.807) is 16.0 Å². The van der Waals surface area contributed by atoms with E-state index in [4.69, 9.17) is 5.73 Å². The minimum Gasteiger partial charge on any atom is -0.326 e. The van der Waals surface area contributed by atoms with Crippen LogP contribution < -0.4 is 5.73 Å². The number of nitrogens with zero attached hydrogens (tertiary/aromatic N) is 2. The second-order valence-electron chi connectivity index (χ2n) is 2.87. The first-order valence-corrected chi connectivity index (χ1v) is 4.89. The molecule has 68 valence electrons. The molecule has 2 aromatic heterocycles. The van der Waals surface area contributed by atoms with E-state index < -0.39 is 0 Å². The smallest absolute Gasteiger partial charge is 0.0576 e. The van der Waals surface area contributed by atoms with Gasteiger partial charge in [0.25, 0.3) is 0 Å². The zero-order valence-corrected chi connectivity index (χ0v) is 8.21. The van der Waals surface area contributed by atoms with Crippen molar-refractivity contribution < 1.29 is 0 Å². The topological polar surface area (TPSA) is 43.8 Å². The van der Waals surface area contributed by atoms with Crippen LogP contribution in [0, 0.1) is 0 Å². The summed E-state index contributed by atoms with van der Waals surface area (Å²) in [6.45, 7) is 0.616. The van der Waals surface area contributed by atoms with Crippen molar-refractivity contribution in [3.63, 3.8) is 0 Å². The molecule has 3 nitrogen and oxygen atoms in total. The number of aryl methyl sites for hydroxylation is 1. The third kappa shape index (κ3) is 1.64. The fraction of sp³-hybridized carbons (Fsp3) is 0.222. The predicted molar refractivity (Wildman–Crippen MR) is 54.4 cm³/mol.